The molecule has 2 aromatic heterocycles. The van der Waals surface area contributed by atoms with E-state index in [9.17, 15) is 4.79 Å². The van der Waals surface area contributed by atoms with Gasteiger partial charge in [-0.1, -0.05) is 59.5 Å². The van der Waals surface area contributed by atoms with Crippen molar-refractivity contribution in [1.82, 2.24) is 15.2 Å². The van der Waals surface area contributed by atoms with Crippen LogP contribution in [0.3, 0.4) is 0 Å². The Morgan fingerprint density at radius 2 is 1.93 bits per heavy atom. The first-order valence-electron chi connectivity index (χ1n) is 8.50. The van der Waals surface area contributed by atoms with Crippen LogP contribution in [0.4, 0.5) is 5.13 Å². The third-order valence-electron chi connectivity index (χ3n) is 4.00. The smallest absolute Gasteiger partial charge is 0.230 e. The van der Waals surface area contributed by atoms with Crippen molar-refractivity contribution in [1.29, 1.82) is 0 Å². The SMILES string of the molecule is COc1ccccc1CC(=O)Nc1nnc(Sc2ccnc3ccccc23)s1. The molecular weight excluding hydrogens is 392 g/mol. The van der Waals surface area contributed by atoms with Crippen LogP contribution in [-0.4, -0.2) is 28.2 Å². The largest absolute Gasteiger partial charge is 0.496 e. The predicted molar refractivity (Wildman–Crippen MR) is 111 cm³/mol. The van der Waals surface area contributed by atoms with Gasteiger partial charge in [0.25, 0.3) is 0 Å². The lowest BCUT2D eigenvalue weighted by Crippen LogP contribution is -2.14. The lowest BCUT2D eigenvalue weighted by Gasteiger charge is -2.07. The maximum atomic E-state index is 12.3. The minimum atomic E-state index is -0.161. The number of hydrogen-bond donors (Lipinski definition) is 1. The fourth-order valence-corrected chi connectivity index (χ4v) is 4.59. The highest BCUT2D eigenvalue weighted by Gasteiger charge is 2.13. The Balaban J connectivity index is 1.45. The summed E-state index contributed by atoms with van der Waals surface area (Å²) in [5.41, 5.74) is 1.76. The van der Waals surface area contributed by atoms with Crippen LogP contribution < -0.4 is 10.1 Å². The van der Waals surface area contributed by atoms with Gasteiger partial charge < -0.3 is 10.1 Å². The van der Waals surface area contributed by atoms with Crippen molar-refractivity contribution in [3.8, 4) is 5.75 Å². The van der Waals surface area contributed by atoms with Crippen LogP contribution in [0.15, 0.2) is 70.0 Å². The molecule has 0 aliphatic heterocycles. The molecule has 0 saturated carbocycles. The van der Waals surface area contributed by atoms with Gasteiger partial charge in [0.2, 0.25) is 11.0 Å². The standard InChI is InChI=1S/C20H16N4O2S2/c1-26-16-9-5-2-6-13(16)12-18(25)22-19-23-24-20(28-19)27-17-10-11-21-15-8-4-3-7-14(15)17/h2-11H,12H2,1H3,(H,22,23,25). The van der Waals surface area contributed by atoms with Crippen LogP contribution in [0.1, 0.15) is 5.56 Å². The second kappa shape index (κ2) is 8.37. The molecule has 0 aliphatic carbocycles. The zero-order valence-electron chi connectivity index (χ0n) is 15.0. The molecule has 0 spiro atoms. The average Bonchev–Trinajstić information content (AvgIpc) is 3.15. The molecule has 0 fully saturated rings. The monoisotopic (exact) mass is 408 g/mol. The van der Waals surface area contributed by atoms with Crippen LogP contribution >= 0.6 is 23.1 Å². The van der Waals surface area contributed by atoms with Gasteiger partial charge in [-0.25, -0.2) is 0 Å². The van der Waals surface area contributed by atoms with E-state index < -0.39 is 0 Å². The topological polar surface area (TPSA) is 77.0 Å². The number of ether oxygens (including phenoxy) is 1. The fraction of sp³-hybridized carbons (Fsp3) is 0.100. The maximum Gasteiger partial charge on any atom is 0.230 e. The van der Waals surface area contributed by atoms with Crippen LogP contribution in [0.25, 0.3) is 10.9 Å². The van der Waals surface area contributed by atoms with Crippen molar-refractivity contribution >= 4 is 45.0 Å². The Labute approximate surface area is 170 Å². The van der Waals surface area contributed by atoms with Crippen molar-refractivity contribution in [3.05, 3.63) is 66.4 Å². The number of nitrogens with one attached hydrogen (secondary N) is 1. The molecule has 0 saturated heterocycles. The Morgan fingerprint density at radius 3 is 2.82 bits per heavy atom. The molecule has 28 heavy (non-hydrogen) atoms. The molecule has 4 aromatic rings. The van der Waals surface area contributed by atoms with E-state index in [4.69, 9.17) is 4.74 Å². The zero-order chi connectivity index (χ0) is 19.3. The highest BCUT2D eigenvalue weighted by molar-refractivity contribution is 8.01. The second-order valence-corrected chi connectivity index (χ2v) is 8.10. The predicted octanol–water partition coefficient (Wildman–Crippen LogP) is 4.43. The lowest BCUT2D eigenvalue weighted by molar-refractivity contribution is -0.115. The van der Waals surface area contributed by atoms with Crippen LogP contribution in [0.5, 0.6) is 5.75 Å². The molecule has 0 radical (unpaired) electrons. The second-order valence-electron chi connectivity index (χ2n) is 5.84. The number of para-hydroxylation sites is 2. The van der Waals surface area contributed by atoms with E-state index in [1.54, 1.807) is 13.3 Å². The number of amides is 1. The van der Waals surface area contributed by atoms with Gasteiger partial charge in [0.1, 0.15) is 5.75 Å². The molecule has 2 heterocycles. The summed E-state index contributed by atoms with van der Waals surface area (Å²) in [5, 5.41) is 12.6. The number of methoxy groups -OCH3 is 1. The Kier molecular flexibility index (Phi) is 5.50. The third kappa shape index (κ3) is 4.13. The minimum absolute atomic E-state index is 0.161. The van der Waals surface area contributed by atoms with Crippen molar-refractivity contribution in [2.45, 2.75) is 15.7 Å². The van der Waals surface area contributed by atoms with E-state index in [2.05, 4.69) is 20.5 Å². The first-order chi connectivity index (χ1) is 13.7. The molecule has 140 valence electrons. The third-order valence-corrected chi connectivity index (χ3v) is 5.97. The Bertz CT molecular complexity index is 1120. The van der Waals surface area contributed by atoms with E-state index in [-0.39, 0.29) is 12.3 Å². The first-order valence-corrected chi connectivity index (χ1v) is 10.1. The summed E-state index contributed by atoms with van der Waals surface area (Å²) in [6, 6.07) is 17.4. The first kappa shape index (κ1) is 18.4. The number of nitrogens with zero attached hydrogens (tertiary/aromatic N) is 3. The van der Waals surface area contributed by atoms with E-state index in [1.165, 1.54) is 23.1 Å². The number of pyridine rings is 1. The minimum Gasteiger partial charge on any atom is -0.496 e. The lowest BCUT2D eigenvalue weighted by atomic mass is 10.1. The van der Waals surface area contributed by atoms with Crippen molar-refractivity contribution < 1.29 is 9.53 Å². The molecular formula is C20H16N4O2S2. The fourth-order valence-electron chi connectivity index (χ4n) is 2.74. The van der Waals surface area contributed by atoms with E-state index in [0.29, 0.717) is 10.9 Å². The molecule has 1 N–H and O–H groups in total. The summed E-state index contributed by atoms with van der Waals surface area (Å²) in [5.74, 6) is 0.530. The number of carbonyl (C=O) groups excluding carboxylic acids is 1. The summed E-state index contributed by atoms with van der Waals surface area (Å²) in [6.45, 7) is 0. The van der Waals surface area contributed by atoms with Crippen molar-refractivity contribution in [2.75, 3.05) is 12.4 Å². The van der Waals surface area contributed by atoms with Crippen molar-refractivity contribution in [2.24, 2.45) is 0 Å². The molecule has 0 aliphatic rings. The number of carbonyl (C=O) groups is 1. The summed E-state index contributed by atoms with van der Waals surface area (Å²) in [6.07, 6.45) is 1.99. The van der Waals surface area contributed by atoms with Crippen LogP contribution in [-0.2, 0) is 11.2 Å². The van der Waals surface area contributed by atoms with Gasteiger partial charge in [-0.2, -0.15) is 0 Å². The van der Waals surface area contributed by atoms with Gasteiger partial charge in [-0.15, -0.1) is 10.2 Å². The Morgan fingerprint density at radius 1 is 1.11 bits per heavy atom. The van der Waals surface area contributed by atoms with Gasteiger partial charge in [0.15, 0.2) is 4.34 Å². The normalized spacial score (nSPS) is 10.8. The number of anilines is 1. The molecule has 1 amide bonds. The van der Waals surface area contributed by atoms with Gasteiger partial charge >= 0.3 is 0 Å². The molecule has 4 rings (SSSR count). The van der Waals surface area contributed by atoms with Gasteiger partial charge in [-0.05, 0) is 18.2 Å². The van der Waals surface area contributed by atoms with Crippen molar-refractivity contribution in [3.63, 3.8) is 0 Å². The molecule has 2 aromatic carbocycles. The number of benzene rings is 2. The molecule has 6 nitrogen and oxygen atoms in total. The van der Waals surface area contributed by atoms with Crippen LogP contribution in [0.2, 0.25) is 0 Å². The van der Waals surface area contributed by atoms with E-state index >= 15 is 0 Å². The summed E-state index contributed by atoms with van der Waals surface area (Å²) < 4.78 is 6.04. The molecule has 0 atom stereocenters. The average molecular weight is 409 g/mol. The van der Waals surface area contributed by atoms with Gasteiger partial charge in [0.05, 0.1) is 19.0 Å². The highest BCUT2D eigenvalue weighted by atomic mass is 32.2. The molecule has 8 heteroatoms. The van der Waals surface area contributed by atoms with Gasteiger partial charge in [0, 0.05) is 22.0 Å². The molecule has 0 unspecified atom stereocenters. The van der Waals surface area contributed by atoms with Gasteiger partial charge in [-0.3, -0.25) is 9.78 Å². The zero-order valence-corrected chi connectivity index (χ0v) is 16.6. The Hall–Kier alpha value is -2.97. The summed E-state index contributed by atoms with van der Waals surface area (Å²) in [4.78, 5) is 17.8. The number of aromatic nitrogens is 3. The highest BCUT2D eigenvalue weighted by Crippen LogP contribution is 2.35. The van der Waals surface area contributed by atoms with E-state index in [0.717, 1.165) is 25.7 Å². The number of fused-ring (bicyclic) bond motifs is 1. The van der Waals surface area contributed by atoms with E-state index in [1.807, 2.05) is 54.6 Å². The number of rotatable bonds is 6. The van der Waals surface area contributed by atoms with Crippen LogP contribution in [0, 0.1) is 0 Å². The maximum absolute atomic E-state index is 12.3. The number of hydrogen-bond acceptors (Lipinski definition) is 7. The quantitative estimate of drug-likeness (QED) is 0.476. The molecule has 0 bridgehead atoms. The summed E-state index contributed by atoms with van der Waals surface area (Å²) in [7, 11) is 1.59. The summed E-state index contributed by atoms with van der Waals surface area (Å²) >= 11 is 2.85.